The molecule has 1 aliphatic rings. The van der Waals surface area contributed by atoms with E-state index in [4.69, 9.17) is 23.2 Å². The van der Waals surface area contributed by atoms with Gasteiger partial charge in [-0.2, -0.15) is 0 Å². The summed E-state index contributed by atoms with van der Waals surface area (Å²) >= 11 is 11.6. The normalized spacial score (nSPS) is 16.0. The summed E-state index contributed by atoms with van der Waals surface area (Å²) in [5, 5.41) is 3.82. The number of benzene rings is 1. The van der Waals surface area contributed by atoms with Crippen molar-refractivity contribution in [2.24, 2.45) is 0 Å². The Balaban J connectivity index is 1.98. The Morgan fingerprint density at radius 2 is 1.90 bits per heavy atom. The first-order valence-electron chi connectivity index (χ1n) is 6.32. The van der Waals surface area contributed by atoms with Crippen molar-refractivity contribution in [1.29, 1.82) is 0 Å². The predicted octanol–water partition coefficient (Wildman–Crippen LogP) is 2.58. The van der Waals surface area contributed by atoms with Crippen LogP contribution in [0.25, 0.3) is 0 Å². The number of hydrogen-bond acceptors (Lipinski definition) is 3. The first-order valence-corrected chi connectivity index (χ1v) is 8.56. The maximum absolute atomic E-state index is 12.1. The number of nitrogens with one attached hydrogen (secondary N) is 2. The van der Waals surface area contributed by atoms with E-state index >= 15 is 0 Å². The van der Waals surface area contributed by atoms with E-state index in [2.05, 4.69) is 16.1 Å². The largest absolute Gasteiger partial charge is 0.313 e. The third-order valence-corrected chi connectivity index (χ3v) is 4.92. The molecule has 1 aliphatic heterocycles. The lowest BCUT2D eigenvalue weighted by molar-refractivity contribution is 0.580. The first kappa shape index (κ1) is 15.8. The van der Waals surface area contributed by atoms with Crippen LogP contribution in [0.3, 0.4) is 0 Å². The molecule has 1 aromatic rings. The van der Waals surface area contributed by atoms with Crippen molar-refractivity contribution >= 4 is 33.2 Å². The van der Waals surface area contributed by atoms with Gasteiger partial charge in [0, 0.05) is 23.1 Å². The Bertz CT molecular complexity index is 595. The maximum atomic E-state index is 12.1. The van der Waals surface area contributed by atoms with Crippen molar-refractivity contribution in [1.82, 2.24) is 10.0 Å². The number of hydrogen-bond donors (Lipinski definition) is 2. The van der Waals surface area contributed by atoms with E-state index in [1.807, 2.05) is 0 Å². The molecule has 0 spiro atoms. The minimum Gasteiger partial charge on any atom is -0.313 e. The van der Waals surface area contributed by atoms with Crippen LogP contribution in [0.2, 0.25) is 10.0 Å². The summed E-state index contributed by atoms with van der Waals surface area (Å²) in [6, 6.07) is 4.28. The van der Waals surface area contributed by atoms with Crippen LogP contribution in [0, 0.1) is 0 Å². The Morgan fingerprint density at radius 3 is 2.50 bits per heavy atom. The monoisotopic (exact) mass is 334 g/mol. The molecule has 110 valence electrons. The van der Waals surface area contributed by atoms with Gasteiger partial charge < -0.3 is 5.32 Å². The third-order valence-electron chi connectivity index (χ3n) is 3.04. The first-order chi connectivity index (χ1) is 9.47. The molecule has 1 heterocycles. The topological polar surface area (TPSA) is 58.2 Å². The molecular weight excluding hydrogens is 319 g/mol. The van der Waals surface area contributed by atoms with Gasteiger partial charge in [0.1, 0.15) is 0 Å². The van der Waals surface area contributed by atoms with Crippen LogP contribution in [0.1, 0.15) is 12.8 Å². The van der Waals surface area contributed by atoms with Gasteiger partial charge in [-0.05, 0) is 37.6 Å². The Kier molecular flexibility index (Phi) is 5.46. The molecule has 1 aromatic carbocycles. The van der Waals surface area contributed by atoms with Crippen LogP contribution in [-0.4, -0.2) is 28.1 Å². The number of rotatable bonds is 5. The van der Waals surface area contributed by atoms with E-state index in [0.29, 0.717) is 16.6 Å². The summed E-state index contributed by atoms with van der Waals surface area (Å²) in [4.78, 5) is 0.0919. The fourth-order valence-electron chi connectivity index (χ4n) is 2.01. The lowest BCUT2D eigenvalue weighted by Crippen LogP contribution is -2.26. The van der Waals surface area contributed by atoms with Gasteiger partial charge in [-0.3, -0.25) is 0 Å². The van der Waals surface area contributed by atoms with Crippen molar-refractivity contribution in [3.05, 3.63) is 39.9 Å². The second kappa shape index (κ2) is 6.91. The number of sulfonamides is 1. The van der Waals surface area contributed by atoms with Crippen LogP contribution in [0.4, 0.5) is 0 Å². The molecule has 0 unspecified atom stereocenters. The zero-order valence-corrected chi connectivity index (χ0v) is 13.2. The van der Waals surface area contributed by atoms with Gasteiger partial charge in [0.05, 0.1) is 4.90 Å². The van der Waals surface area contributed by atoms with Gasteiger partial charge in [0.2, 0.25) is 10.0 Å². The van der Waals surface area contributed by atoms with Crippen molar-refractivity contribution in [3.8, 4) is 0 Å². The summed E-state index contributed by atoms with van der Waals surface area (Å²) < 4.78 is 26.8. The van der Waals surface area contributed by atoms with Crippen molar-refractivity contribution in [2.45, 2.75) is 17.7 Å². The molecule has 0 aromatic heterocycles. The quantitative estimate of drug-likeness (QED) is 0.813. The van der Waals surface area contributed by atoms with Gasteiger partial charge in [0.15, 0.2) is 0 Å². The van der Waals surface area contributed by atoms with Crippen LogP contribution >= 0.6 is 23.2 Å². The Hall–Kier alpha value is -0.590. The lowest BCUT2D eigenvalue weighted by Gasteiger charge is -2.14. The van der Waals surface area contributed by atoms with Crippen molar-refractivity contribution in [3.63, 3.8) is 0 Å². The molecule has 4 nitrogen and oxygen atoms in total. The fraction of sp³-hybridized carbons (Fsp3) is 0.385. The standard InChI is InChI=1S/C13H16Cl2N2O2S/c14-11-7-12(15)9-13(8-11)20(18,19)17-6-3-10-1-4-16-5-2-10/h1,7-9,16-17H,2-6H2. The summed E-state index contributed by atoms with van der Waals surface area (Å²) in [6.07, 6.45) is 3.79. The molecule has 0 saturated carbocycles. The van der Waals surface area contributed by atoms with E-state index in [-0.39, 0.29) is 4.90 Å². The smallest absolute Gasteiger partial charge is 0.240 e. The van der Waals surface area contributed by atoms with Crippen LogP contribution in [0.15, 0.2) is 34.7 Å². The van der Waals surface area contributed by atoms with E-state index in [9.17, 15) is 8.42 Å². The average Bonchev–Trinajstić information content (AvgIpc) is 2.38. The molecule has 0 atom stereocenters. The second-order valence-corrected chi connectivity index (χ2v) is 7.21. The van der Waals surface area contributed by atoms with Gasteiger partial charge in [-0.25, -0.2) is 13.1 Å². The van der Waals surface area contributed by atoms with Crippen LogP contribution in [-0.2, 0) is 10.0 Å². The van der Waals surface area contributed by atoms with E-state index in [0.717, 1.165) is 25.9 Å². The molecule has 2 N–H and O–H groups in total. The van der Waals surface area contributed by atoms with Gasteiger partial charge in [-0.15, -0.1) is 0 Å². The van der Waals surface area contributed by atoms with Crippen molar-refractivity contribution < 1.29 is 8.42 Å². The molecule has 0 saturated heterocycles. The molecule has 20 heavy (non-hydrogen) atoms. The van der Waals surface area contributed by atoms with Crippen LogP contribution in [0.5, 0.6) is 0 Å². The lowest BCUT2D eigenvalue weighted by atomic mass is 10.1. The molecule has 0 bridgehead atoms. The summed E-state index contributed by atoms with van der Waals surface area (Å²) in [6.45, 7) is 2.17. The van der Waals surface area contributed by atoms with Crippen LogP contribution < -0.4 is 10.0 Å². The van der Waals surface area contributed by atoms with Gasteiger partial charge >= 0.3 is 0 Å². The molecule has 0 amide bonds. The Morgan fingerprint density at radius 1 is 1.20 bits per heavy atom. The highest BCUT2D eigenvalue weighted by atomic mass is 35.5. The zero-order valence-electron chi connectivity index (χ0n) is 10.8. The molecule has 0 aliphatic carbocycles. The highest BCUT2D eigenvalue weighted by Crippen LogP contribution is 2.22. The second-order valence-electron chi connectivity index (χ2n) is 4.57. The molecular formula is C13H16Cl2N2O2S. The zero-order chi connectivity index (χ0) is 14.6. The number of halogens is 2. The summed E-state index contributed by atoms with van der Waals surface area (Å²) in [5.74, 6) is 0. The van der Waals surface area contributed by atoms with Gasteiger partial charge in [0.25, 0.3) is 0 Å². The minimum absolute atomic E-state index is 0.0919. The maximum Gasteiger partial charge on any atom is 0.240 e. The van der Waals surface area contributed by atoms with E-state index in [1.165, 1.54) is 23.8 Å². The third kappa shape index (κ3) is 4.46. The molecule has 0 radical (unpaired) electrons. The predicted molar refractivity (Wildman–Crippen MR) is 81.8 cm³/mol. The van der Waals surface area contributed by atoms with Crippen molar-refractivity contribution in [2.75, 3.05) is 19.6 Å². The highest BCUT2D eigenvalue weighted by molar-refractivity contribution is 7.89. The molecule has 0 fully saturated rings. The summed E-state index contributed by atoms with van der Waals surface area (Å²) in [5.41, 5.74) is 1.27. The van der Waals surface area contributed by atoms with E-state index in [1.54, 1.807) is 0 Å². The van der Waals surface area contributed by atoms with E-state index < -0.39 is 10.0 Å². The highest BCUT2D eigenvalue weighted by Gasteiger charge is 2.15. The Labute approximate surface area is 129 Å². The summed E-state index contributed by atoms with van der Waals surface area (Å²) in [7, 11) is -3.57. The minimum atomic E-state index is -3.57. The molecule has 2 rings (SSSR count). The molecule has 7 heteroatoms. The SMILES string of the molecule is O=S(=O)(NCCC1=CCNCC1)c1cc(Cl)cc(Cl)c1. The fourth-order valence-corrected chi connectivity index (χ4v) is 3.77. The average molecular weight is 335 g/mol. The van der Waals surface area contributed by atoms with Gasteiger partial charge in [-0.1, -0.05) is 34.9 Å².